The first-order valence-electron chi connectivity index (χ1n) is 8.81. The zero-order valence-electron chi connectivity index (χ0n) is 15.6. The largest absolute Gasteiger partial charge is 0.409 e. The Hall–Kier alpha value is -2.29. The van der Waals surface area contributed by atoms with E-state index in [9.17, 15) is 18.0 Å². The number of halogens is 3. The predicted molar refractivity (Wildman–Crippen MR) is 93.7 cm³/mol. The number of carbonyl (C=O) groups is 1. The first-order chi connectivity index (χ1) is 12.6. The summed E-state index contributed by atoms with van der Waals surface area (Å²) in [7, 11) is 0. The van der Waals surface area contributed by atoms with E-state index in [0.717, 1.165) is 0 Å². The van der Waals surface area contributed by atoms with Gasteiger partial charge in [0.2, 0.25) is 5.69 Å². The number of anilines is 1. The molecular formula is C18H24F3N4O2+. The molecule has 2 aromatic heterocycles. The molecule has 1 amide bonds. The zero-order chi connectivity index (χ0) is 19.8. The summed E-state index contributed by atoms with van der Waals surface area (Å²) in [5.41, 5.74) is -0.543. The lowest BCUT2D eigenvalue weighted by molar-refractivity contribution is -0.497. The molecule has 2 N–H and O–H groups in total. The Morgan fingerprint density at radius 2 is 1.93 bits per heavy atom. The maximum absolute atomic E-state index is 13.4. The minimum absolute atomic E-state index is 0.107. The van der Waals surface area contributed by atoms with Crippen LogP contribution in [0.3, 0.4) is 0 Å². The van der Waals surface area contributed by atoms with E-state index in [2.05, 4.69) is 10.3 Å². The van der Waals surface area contributed by atoms with Crippen LogP contribution in [0.2, 0.25) is 0 Å². The van der Waals surface area contributed by atoms with Gasteiger partial charge in [-0.2, -0.15) is 13.2 Å². The fraction of sp³-hybridized carbons (Fsp3) is 0.556. The SMILES string of the molecule is CC(C)(C)[C@@H](NC(=O)c1[nH]c(N2CCOCC2)[n+]2ccccc12)C(F)(F)F. The van der Waals surface area contributed by atoms with E-state index >= 15 is 0 Å². The summed E-state index contributed by atoms with van der Waals surface area (Å²) in [4.78, 5) is 17.8. The molecule has 1 saturated heterocycles. The molecule has 3 heterocycles. The molecule has 9 heteroatoms. The highest BCUT2D eigenvalue weighted by molar-refractivity contribution is 5.98. The lowest BCUT2D eigenvalue weighted by Crippen LogP contribution is -2.53. The van der Waals surface area contributed by atoms with E-state index in [1.54, 1.807) is 28.8 Å². The number of rotatable bonds is 3. The highest BCUT2D eigenvalue weighted by Gasteiger charge is 2.48. The second-order valence-corrected chi connectivity index (χ2v) is 7.69. The molecule has 148 valence electrons. The minimum atomic E-state index is -4.55. The van der Waals surface area contributed by atoms with Gasteiger partial charge in [-0.1, -0.05) is 26.8 Å². The molecule has 0 aliphatic carbocycles. The van der Waals surface area contributed by atoms with Gasteiger partial charge >= 0.3 is 12.1 Å². The number of aromatic nitrogens is 2. The van der Waals surface area contributed by atoms with Crippen LogP contribution in [-0.2, 0) is 4.74 Å². The van der Waals surface area contributed by atoms with Crippen molar-refractivity contribution in [2.45, 2.75) is 33.0 Å². The Morgan fingerprint density at radius 1 is 1.26 bits per heavy atom. The van der Waals surface area contributed by atoms with E-state index in [1.807, 2.05) is 4.90 Å². The fourth-order valence-electron chi connectivity index (χ4n) is 3.24. The Morgan fingerprint density at radius 3 is 2.52 bits per heavy atom. The number of H-pyrrole nitrogens is 1. The maximum atomic E-state index is 13.4. The van der Waals surface area contributed by atoms with Crippen LogP contribution in [0.25, 0.3) is 5.52 Å². The monoisotopic (exact) mass is 385 g/mol. The number of fused-ring (bicyclic) bond motifs is 1. The summed E-state index contributed by atoms with van der Waals surface area (Å²) in [6.45, 7) is 6.72. The second kappa shape index (κ2) is 7.03. The van der Waals surface area contributed by atoms with E-state index < -0.39 is 23.5 Å². The highest BCUT2D eigenvalue weighted by Crippen LogP contribution is 2.33. The minimum Gasteiger partial charge on any atom is -0.375 e. The number of ether oxygens (including phenoxy) is 1. The van der Waals surface area contributed by atoms with Crippen molar-refractivity contribution < 1.29 is 27.1 Å². The van der Waals surface area contributed by atoms with Gasteiger partial charge in [-0.05, 0) is 17.5 Å². The number of imidazole rings is 1. The molecule has 0 aromatic carbocycles. The maximum Gasteiger partial charge on any atom is 0.409 e. The van der Waals surface area contributed by atoms with Gasteiger partial charge < -0.3 is 10.1 Å². The van der Waals surface area contributed by atoms with Crippen LogP contribution >= 0.6 is 0 Å². The Kier molecular flexibility index (Phi) is 5.07. The number of hydrogen-bond donors (Lipinski definition) is 2. The first kappa shape index (κ1) is 19.5. The van der Waals surface area contributed by atoms with Crippen LogP contribution in [0.5, 0.6) is 0 Å². The summed E-state index contributed by atoms with van der Waals surface area (Å²) < 4.78 is 47.5. The summed E-state index contributed by atoms with van der Waals surface area (Å²) in [5.74, 6) is -0.131. The fourth-order valence-corrected chi connectivity index (χ4v) is 3.24. The van der Waals surface area contributed by atoms with E-state index in [-0.39, 0.29) is 5.69 Å². The molecule has 1 aliphatic rings. The number of pyridine rings is 1. The predicted octanol–water partition coefficient (Wildman–Crippen LogP) is 2.30. The molecule has 0 radical (unpaired) electrons. The van der Waals surface area contributed by atoms with Gasteiger partial charge in [-0.3, -0.25) is 9.69 Å². The van der Waals surface area contributed by atoms with Crippen LogP contribution in [0.1, 0.15) is 31.3 Å². The van der Waals surface area contributed by atoms with Crippen molar-refractivity contribution in [2.75, 3.05) is 31.2 Å². The van der Waals surface area contributed by atoms with Gasteiger partial charge in [0.1, 0.15) is 6.04 Å². The van der Waals surface area contributed by atoms with Crippen molar-refractivity contribution in [2.24, 2.45) is 5.41 Å². The normalized spacial score (nSPS) is 17.2. The Balaban J connectivity index is 1.97. The lowest BCUT2D eigenvalue weighted by Gasteiger charge is -2.32. The van der Waals surface area contributed by atoms with E-state index in [4.69, 9.17) is 4.74 Å². The molecular weight excluding hydrogens is 361 g/mol. The molecule has 3 rings (SSSR count). The third-order valence-electron chi connectivity index (χ3n) is 4.59. The highest BCUT2D eigenvalue weighted by atomic mass is 19.4. The molecule has 1 atom stereocenters. The molecule has 0 unspecified atom stereocenters. The molecule has 1 fully saturated rings. The topological polar surface area (TPSA) is 61.5 Å². The number of aromatic amines is 1. The van der Waals surface area contributed by atoms with Gasteiger partial charge in [-0.15, -0.1) is 0 Å². The standard InChI is InChI=1S/C18H23F3N4O2/c1-17(2,3)15(18(19,20)21)23-14(26)13-12-6-4-5-7-25(12)16(22-13)24-8-10-27-11-9-24/h4-7,15H,8-11H2,1-3H3,(H,23,26)/p+1/t15-/m1/s1. The summed E-state index contributed by atoms with van der Waals surface area (Å²) >= 11 is 0. The van der Waals surface area contributed by atoms with Crippen molar-refractivity contribution in [3.8, 4) is 0 Å². The molecule has 0 bridgehead atoms. The number of amides is 1. The van der Waals surface area contributed by atoms with E-state index in [0.29, 0.717) is 37.8 Å². The molecule has 0 saturated carbocycles. The van der Waals surface area contributed by atoms with Crippen molar-refractivity contribution in [1.82, 2.24) is 10.3 Å². The van der Waals surface area contributed by atoms with Crippen molar-refractivity contribution in [3.05, 3.63) is 30.1 Å². The van der Waals surface area contributed by atoms with Crippen molar-refractivity contribution in [3.63, 3.8) is 0 Å². The lowest BCUT2D eigenvalue weighted by atomic mass is 9.86. The van der Waals surface area contributed by atoms with E-state index in [1.165, 1.54) is 20.8 Å². The number of nitrogens with zero attached hydrogens (tertiary/aromatic N) is 2. The number of alkyl halides is 3. The number of nitrogens with one attached hydrogen (secondary N) is 2. The van der Waals surface area contributed by atoms with Gasteiger partial charge in [0, 0.05) is 0 Å². The Bertz CT molecular complexity index is 806. The third kappa shape index (κ3) is 4.02. The number of carbonyl (C=O) groups excluding carboxylic acids is 1. The zero-order valence-corrected chi connectivity index (χ0v) is 15.6. The molecule has 1 aliphatic heterocycles. The summed E-state index contributed by atoms with van der Waals surface area (Å²) in [5, 5.41) is 2.17. The molecule has 27 heavy (non-hydrogen) atoms. The quantitative estimate of drug-likeness (QED) is 0.797. The molecule has 0 spiro atoms. The molecule has 6 nitrogen and oxygen atoms in total. The Labute approximate surface area is 155 Å². The average Bonchev–Trinajstić information content (AvgIpc) is 2.98. The third-order valence-corrected chi connectivity index (χ3v) is 4.59. The van der Waals surface area contributed by atoms with Crippen molar-refractivity contribution in [1.29, 1.82) is 0 Å². The summed E-state index contributed by atoms with van der Waals surface area (Å²) in [6.07, 6.45) is -2.77. The smallest absolute Gasteiger partial charge is 0.375 e. The van der Waals surface area contributed by atoms with Crippen molar-refractivity contribution >= 4 is 17.4 Å². The van der Waals surface area contributed by atoms with Crippen LogP contribution in [0.15, 0.2) is 24.4 Å². The van der Waals surface area contributed by atoms with Crippen LogP contribution in [-0.4, -0.2) is 49.4 Å². The second-order valence-electron chi connectivity index (χ2n) is 7.69. The van der Waals surface area contributed by atoms with Gasteiger partial charge in [0.25, 0.3) is 5.91 Å². The first-order valence-corrected chi connectivity index (χ1v) is 8.81. The van der Waals surface area contributed by atoms with Gasteiger partial charge in [0.05, 0.1) is 32.5 Å². The van der Waals surface area contributed by atoms with Gasteiger partial charge in [-0.25, -0.2) is 9.38 Å². The van der Waals surface area contributed by atoms with Crippen LogP contribution in [0, 0.1) is 5.41 Å². The average molecular weight is 385 g/mol. The number of morpholine rings is 1. The molecule has 2 aromatic rings. The van der Waals surface area contributed by atoms with Crippen LogP contribution < -0.4 is 14.6 Å². The number of hydrogen-bond acceptors (Lipinski definition) is 3. The van der Waals surface area contributed by atoms with Crippen LogP contribution in [0.4, 0.5) is 19.1 Å². The van der Waals surface area contributed by atoms with Gasteiger partial charge in [0.15, 0.2) is 5.52 Å². The summed E-state index contributed by atoms with van der Waals surface area (Å²) in [6, 6.07) is 3.29.